The van der Waals surface area contributed by atoms with Crippen LogP contribution in [0.15, 0.2) is 12.2 Å². The van der Waals surface area contributed by atoms with Crippen LogP contribution in [-0.2, 0) is 20.6 Å². The molecule has 0 aliphatic carbocycles. The first-order valence-electron chi connectivity index (χ1n) is 3.70. The molecule has 0 spiro atoms. The Hall–Kier alpha value is -1.06. The highest BCUT2D eigenvalue weighted by Gasteiger charge is 2.11. The van der Waals surface area contributed by atoms with Crippen LogP contribution in [0.4, 0.5) is 0 Å². The van der Waals surface area contributed by atoms with E-state index >= 15 is 0 Å². The Balaban J connectivity index is 4.86. The van der Waals surface area contributed by atoms with E-state index in [9.17, 15) is 16.8 Å². The predicted octanol–water partition coefficient (Wildman–Crippen LogP) is 0.0755. The van der Waals surface area contributed by atoms with Crippen molar-refractivity contribution in [3.8, 4) is 0 Å². The molecule has 0 fully saturated rings. The molecule has 4 nitrogen and oxygen atoms in total. The molecule has 0 unspecified atom stereocenters. The first-order chi connectivity index (χ1) is 6.33. The maximum Gasteiger partial charge on any atom is 0.259 e. The topological polar surface area (TPSA) is 68.3 Å². The minimum absolute atomic E-state index is 0.380. The number of rotatable bonds is 3. The normalized spacial score (nSPS) is 9.57. The molecule has 78 valence electrons. The molecule has 0 aliphatic heterocycles. The van der Waals surface area contributed by atoms with Crippen LogP contribution in [0.2, 0.25) is 0 Å². The van der Waals surface area contributed by atoms with Crippen molar-refractivity contribution in [1.82, 2.24) is 0 Å². The summed E-state index contributed by atoms with van der Waals surface area (Å²) >= 11 is 0. The summed E-state index contributed by atoms with van der Waals surface area (Å²) < 4.78 is 40.5. The molecule has 0 rings (SSSR count). The molecular weight excluding hydrogens is 224 g/mol. The summed E-state index contributed by atoms with van der Waals surface area (Å²) in [5, 5.41) is 4.19. The Labute approximate surface area is 85.6 Å². The van der Waals surface area contributed by atoms with Gasteiger partial charge in [-0.25, -0.2) is 0 Å². The van der Waals surface area contributed by atoms with E-state index in [1.807, 2.05) is 0 Å². The molecule has 6 heteroatoms. The quantitative estimate of drug-likeness (QED) is 0.648. The van der Waals surface area contributed by atoms with Crippen LogP contribution < -0.4 is 0 Å². The largest absolute Gasteiger partial charge is 0.259 e. The van der Waals surface area contributed by atoms with Gasteiger partial charge in [-0.2, -0.15) is 16.8 Å². The maximum absolute atomic E-state index is 10.2. The van der Waals surface area contributed by atoms with Gasteiger partial charge in [-0.15, -0.1) is 0 Å². The van der Waals surface area contributed by atoms with Crippen LogP contribution in [0.5, 0.6) is 0 Å². The Bertz CT molecular complexity index is 506. The van der Waals surface area contributed by atoms with Crippen molar-refractivity contribution < 1.29 is 16.8 Å². The first-order valence-corrected chi connectivity index (χ1v) is 5.85. The third-order valence-corrected chi connectivity index (χ3v) is 2.02. The average molecular weight is 234 g/mol. The summed E-state index contributed by atoms with van der Waals surface area (Å²) in [6, 6.07) is 0. The monoisotopic (exact) mass is 234 g/mol. The van der Waals surface area contributed by atoms with Crippen LogP contribution >= 0.6 is 0 Å². The van der Waals surface area contributed by atoms with E-state index in [1.165, 1.54) is 12.2 Å². The van der Waals surface area contributed by atoms with Gasteiger partial charge in [0.2, 0.25) is 0 Å². The molecule has 0 amide bonds. The first kappa shape index (κ1) is 12.9. The summed E-state index contributed by atoms with van der Waals surface area (Å²) in [4.78, 5) is 0. The minimum atomic E-state index is -2.34. The van der Waals surface area contributed by atoms with Crippen molar-refractivity contribution >= 4 is 30.6 Å². The third-order valence-electron chi connectivity index (χ3n) is 1.35. The summed E-state index contributed by atoms with van der Waals surface area (Å²) in [6.07, 6.45) is 3.10. The van der Waals surface area contributed by atoms with Gasteiger partial charge < -0.3 is 0 Å². The van der Waals surface area contributed by atoms with Crippen LogP contribution in [0.1, 0.15) is 20.3 Å². The minimum Gasteiger partial charge on any atom is -0.176 e. The highest BCUT2D eigenvalue weighted by molar-refractivity contribution is 7.71. The summed E-state index contributed by atoms with van der Waals surface area (Å²) in [5.74, 6) is 0. The van der Waals surface area contributed by atoms with Crippen molar-refractivity contribution in [2.75, 3.05) is 0 Å². The Kier molecular flexibility index (Phi) is 5.20. The lowest BCUT2D eigenvalue weighted by Gasteiger charge is -2.14. The standard InChI is InChI=1S/C8H10O4S2/c1-8(2,5-7-14(11)12)4-3-6-13(9)10/h3,5H,4H2,1-2H3. The zero-order chi connectivity index (χ0) is 11.2. The van der Waals surface area contributed by atoms with Gasteiger partial charge in [0, 0.05) is 10.0 Å². The molecule has 0 aromatic carbocycles. The third kappa shape index (κ3) is 7.58. The molecule has 0 aliphatic rings. The summed E-state index contributed by atoms with van der Waals surface area (Å²) in [5.41, 5.74) is -0.452. The molecule has 0 saturated heterocycles. The van der Waals surface area contributed by atoms with Gasteiger partial charge in [0.1, 0.15) is 0 Å². The SMILES string of the molecule is CC(C)(C=C=S(=O)=O)CC=C=S(=O)=O. The second-order valence-corrected chi connectivity index (χ2v) is 4.66. The van der Waals surface area contributed by atoms with E-state index in [4.69, 9.17) is 0 Å². The summed E-state index contributed by atoms with van der Waals surface area (Å²) in [7, 11) is -4.66. The Morgan fingerprint density at radius 1 is 1.07 bits per heavy atom. The fourth-order valence-electron chi connectivity index (χ4n) is 0.639. The molecule has 0 heterocycles. The predicted molar refractivity (Wildman–Crippen MR) is 55.4 cm³/mol. The van der Waals surface area contributed by atoms with Gasteiger partial charge in [0.25, 0.3) is 20.6 Å². The molecule has 0 N–H and O–H groups in total. The maximum atomic E-state index is 10.2. The molecule has 0 atom stereocenters. The molecule has 0 aromatic rings. The molecule has 0 bridgehead atoms. The van der Waals surface area contributed by atoms with Crippen molar-refractivity contribution in [2.45, 2.75) is 20.3 Å². The second-order valence-electron chi connectivity index (χ2n) is 3.25. The van der Waals surface area contributed by atoms with E-state index in [2.05, 4.69) is 10.0 Å². The molecule has 0 aromatic heterocycles. The smallest absolute Gasteiger partial charge is 0.176 e. The number of allylic oxidation sites excluding steroid dienone is 2. The van der Waals surface area contributed by atoms with E-state index < -0.39 is 26.0 Å². The van der Waals surface area contributed by atoms with Crippen LogP contribution in [0, 0.1) is 5.41 Å². The van der Waals surface area contributed by atoms with E-state index in [0.717, 1.165) is 0 Å². The second kappa shape index (κ2) is 5.62. The molecule has 0 saturated carbocycles. The lowest BCUT2D eigenvalue weighted by Crippen LogP contribution is -2.05. The Morgan fingerprint density at radius 3 is 2.00 bits per heavy atom. The zero-order valence-corrected chi connectivity index (χ0v) is 9.44. The van der Waals surface area contributed by atoms with E-state index in [-0.39, 0.29) is 0 Å². The highest BCUT2D eigenvalue weighted by Crippen LogP contribution is 2.20. The zero-order valence-electron chi connectivity index (χ0n) is 7.81. The van der Waals surface area contributed by atoms with Crippen LogP contribution in [-0.4, -0.2) is 26.9 Å². The van der Waals surface area contributed by atoms with Crippen molar-refractivity contribution in [1.29, 1.82) is 0 Å². The summed E-state index contributed by atoms with van der Waals surface area (Å²) in [6.45, 7) is 3.53. The highest BCUT2D eigenvalue weighted by atomic mass is 32.2. The lowest BCUT2D eigenvalue weighted by molar-refractivity contribution is 0.495. The Morgan fingerprint density at radius 2 is 1.57 bits per heavy atom. The van der Waals surface area contributed by atoms with Crippen molar-refractivity contribution in [2.24, 2.45) is 5.41 Å². The van der Waals surface area contributed by atoms with E-state index in [0.29, 0.717) is 6.42 Å². The van der Waals surface area contributed by atoms with E-state index in [1.54, 1.807) is 13.8 Å². The van der Waals surface area contributed by atoms with Gasteiger partial charge in [-0.05, 0) is 24.0 Å². The van der Waals surface area contributed by atoms with Gasteiger partial charge in [-0.3, -0.25) is 0 Å². The van der Waals surface area contributed by atoms with Crippen LogP contribution in [0.25, 0.3) is 0 Å². The lowest BCUT2D eigenvalue weighted by atomic mass is 9.90. The average Bonchev–Trinajstić information content (AvgIpc) is 2.00. The van der Waals surface area contributed by atoms with Crippen molar-refractivity contribution in [3.63, 3.8) is 0 Å². The number of hydrogen-bond acceptors (Lipinski definition) is 4. The molecular formula is C8H10O4S2. The van der Waals surface area contributed by atoms with Gasteiger partial charge in [0.05, 0.1) is 0 Å². The van der Waals surface area contributed by atoms with Gasteiger partial charge in [-0.1, -0.05) is 13.8 Å². The van der Waals surface area contributed by atoms with Crippen LogP contribution in [0.3, 0.4) is 0 Å². The fourth-order valence-corrected chi connectivity index (χ4v) is 1.27. The molecule has 0 radical (unpaired) electrons. The molecule has 14 heavy (non-hydrogen) atoms. The van der Waals surface area contributed by atoms with Crippen molar-refractivity contribution in [3.05, 3.63) is 12.2 Å². The fraction of sp³-hybridized carbons (Fsp3) is 0.500. The number of hydrogen-bond donors (Lipinski definition) is 0. The van der Waals surface area contributed by atoms with Gasteiger partial charge >= 0.3 is 0 Å². The van der Waals surface area contributed by atoms with Gasteiger partial charge in [0.15, 0.2) is 0 Å².